The number of benzene rings is 7. The van der Waals surface area contributed by atoms with E-state index in [1.54, 1.807) is 0 Å². The number of fused-ring (bicyclic) bond motifs is 6. The highest BCUT2D eigenvalue weighted by Gasteiger charge is 2.37. The zero-order chi connectivity index (χ0) is 28.3. The highest BCUT2D eigenvalue weighted by molar-refractivity contribution is 6.08. The van der Waals surface area contributed by atoms with Crippen molar-refractivity contribution in [3.05, 3.63) is 157 Å². The molecule has 7 aromatic carbocycles. The van der Waals surface area contributed by atoms with Crippen molar-refractivity contribution >= 4 is 32.9 Å². The van der Waals surface area contributed by atoms with Crippen molar-refractivity contribution in [1.29, 1.82) is 0 Å². The maximum Gasteiger partial charge on any atom is 0.0467 e. The van der Waals surface area contributed by atoms with Gasteiger partial charge in [-0.05, 0) is 79.2 Å². The minimum atomic E-state index is -0.0812. The van der Waals surface area contributed by atoms with Crippen LogP contribution in [0.1, 0.15) is 25.0 Å². The van der Waals surface area contributed by atoms with Crippen LogP contribution in [-0.4, -0.2) is 0 Å². The van der Waals surface area contributed by atoms with Crippen molar-refractivity contribution in [2.24, 2.45) is 0 Å². The largest absolute Gasteiger partial charge is 0.355 e. The van der Waals surface area contributed by atoms with Crippen molar-refractivity contribution in [2.45, 2.75) is 19.3 Å². The Hall–Kier alpha value is -5.14. The number of para-hydroxylation sites is 1. The van der Waals surface area contributed by atoms with Crippen molar-refractivity contribution in [3.63, 3.8) is 0 Å². The third-order valence-electron chi connectivity index (χ3n) is 9.06. The molecule has 0 bridgehead atoms. The van der Waals surface area contributed by atoms with Crippen LogP contribution >= 0.6 is 0 Å². The fraction of sp³-hybridized carbons (Fsp3) is 0.0732. The van der Waals surface area contributed by atoms with Crippen LogP contribution in [0.5, 0.6) is 0 Å². The fourth-order valence-corrected chi connectivity index (χ4v) is 6.89. The molecule has 0 saturated carbocycles. The van der Waals surface area contributed by atoms with Gasteiger partial charge in [0.15, 0.2) is 0 Å². The molecule has 0 fully saturated rings. The van der Waals surface area contributed by atoms with Crippen molar-refractivity contribution in [2.75, 3.05) is 5.32 Å². The van der Waals surface area contributed by atoms with Gasteiger partial charge in [-0.25, -0.2) is 0 Å². The van der Waals surface area contributed by atoms with Crippen LogP contribution in [0.4, 0.5) is 11.4 Å². The molecule has 8 rings (SSSR count). The predicted octanol–water partition coefficient (Wildman–Crippen LogP) is 11.4. The minimum Gasteiger partial charge on any atom is -0.355 e. The lowest BCUT2D eigenvalue weighted by atomic mass is 9.82. The van der Waals surface area contributed by atoms with E-state index in [0.717, 1.165) is 11.4 Å². The molecule has 1 aliphatic rings. The van der Waals surface area contributed by atoms with E-state index in [1.165, 1.54) is 66.1 Å². The number of hydrogen-bond acceptors (Lipinski definition) is 1. The van der Waals surface area contributed by atoms with Gasteiger partial charge in [0.25, 0.3) is 0 Å². The summed E-state index contributed by atoms with van der Waals surface area (Å²) in [4.78, 5) is 0. The van der Waals surface area contributed by atoms with Gasteiger partial charge >= 0.3 is 0 Å². The Kier molecular flexibility index (Phi) is 5.55. The summed E-state index contributed by atoms with van der Waals surface area (Å²) in [7, 11) is 0. The standard InChI is InChI=1S/C41H31N/c1-41(2)36-24-22-30(29-21-23-33-31(25-29)20-19-28-13-6-7-14-32(28)33)26-35(36)40-37(41)16-10-18-39(40)42-38-17-9-8-15-34(38)27-11-4-3-5-12-27/h3-26,42H,1-2H3. The van der Waals surface area contributed by atoms with Gasteiger partial charge in [-0.1, -0.05) is 135 Å². The molecule has 0 saturated heterocycles. The molecule has 0 aromatic heterocycles. The van der Waals surface area contributed by atoms with Gasteiger partial charge in [-0.2, -0.15) is 0 Å². The van der Waals surface area contributed by atoms with Crippen molar-refractivity contribution < 1.29 is 0 Å². The van der Waals surface area contributed by atoms with E-state index >= 15 is 0 Å². The third-order valence-corrected chi connectivity index (χ3v) is 9.06. The first-order chi connectivity index (χ1) is 20.6. The lowest BCUT2D eigenvalue weighted by molar-refractivity contribution is 0.660. The second kappa shape index (κ2) is 9.46. The Balaban J connectivity index is 1.25. The van der Waals surface area contributed by atoms with Gasteiger partial charge in [0, 0.05) is 27.9 Å². The molecule has 0 atom stereocenters. The van der Waals surface area contributed by atoms with E-state index in [-0.39, 0.29) is 5.41 Å². The van der Waals surface area contributed by atoms with E-state index in [1.807, 2.05) is 0 Å². The van der Waals surface area contributed by atoms with Crippen molar-refractivity contribution in [3.8, 4) is 33.4 Å². The molecular weight excluding hydrogens is 506 g/mol. The molecule has 1 heteroatoms. The molecule has 1 nitrogen and oxygen atoms in total. The number of hydrogen-bond donors (Lipinski definition) is 1. The molecule has 42 heavy (non-hydrogen) atoms. The molecule has 0 radical (unpaired) electrons. The highest BCUT2D eigenvalue weighted by Crippen LogP contribution is 2.53. The van der Waals surface area contributed by atoms with E-state index in [0.29, 0.717) is 0 Å². The fourth-order valence-electron chi connectivity index (χ4n) is 6.89. The molecule has 0 heterocycles. The minimum absolute atomic E-state index is 0.0812. The molecule has 7 aromatic rings. The molecular formula is C41H31N. The van der Waals surface area contributed by atoms with Crippen LogP contribution in [0.3, 0.4) is 0 Å². The smallest absolute Gasteiger partial charge is 0.0467 e. The number of rotatable bonds is 4. The van der Waals surface area contributed by atoms with Crippen LogP contribution in [-0.2, 0) is 5.41 Å². The second-order valence-corrected chi connectivity index (χ2v) is 11.9. The first-order valence-electron chi connectivity index (χ1n) is 14.7. The molecule has 200 valence electrons. The molecule has 0 spiro atoms. The maximum atomic E-state index is 3.85. The van der Waals surface area contributed by atoms with Crippen LogP contribution in [0.15, 0.2) is 146 Å². The Morgan fingerprint density at radius 1 is 0.429 bits per heavy atom. The Labute approximate surface area is 247 Å². The lowest BCUT2D eigenvalue weighted by Gasteiger charge is -2.22. The molecule has 1 N–H and O–H groups in total. The van der Waals surface area contributed by atoms with Gasteiger partial charge in [0.05, 0.1) is 0 Å². The normalized spacial score (nSPS) is 13.2. The first kappa shape index (κ1) is 24.6. The lowest BCUT2D eigenvalue weighted by Crippen LogP contribution is -2.14. The summed E-state index contributed by atoms with van der Waals surface area (Å²) < 4.78 is 0. The zero-order valence-electron chi connectivity index (χ0n) is 23.9. The summed E-state index contributed by atoms with van der Waals surface area (Å²) >= 11 is 0. The van der Waals surface area contributed by atoms with Crippen LogP contribution in [0.2, 0.25) is 0 Å². The summed E-state index contributed by atoms with van der Waals surface area (Å²) in [5.41, 5.74) is 12.4. The Bertz CT molecular complexity index is 2140. The molecule has 1 aliphatic carbocycles. The summed E-state index contributed by atoms with van der Waals surface area (Å²) in [6.07, 6.45) is 0. The van der Waals surface area contributed by atoms with E-state index in [2.05, 4.69) is 165 Å². The van der Waals surface area contributed by atoms with Gasteiger partial charge in [0.2, 0.25) is 0 Å². The Morgan fingerprint density at radius 3 is 2.02 bits per heavy atom. The maximum absolute atomic E-state index is 3.85. The van der Waals surface area contributed by atoms with E-state index in [4.69, 9.17) is 0 Å². The van der Waals surface area contributed by atoms with Crippen LogP contribution in [0.25, 0.3) is 54.9 Å². The monoisotopic (exact) mass is 537 g/mol. The third kappa shape index (κ3) is 3.85. The summed E-state index contributed by atoms with van der Waals surface area (Å²) in [6, 6.07) is 53.0. The molecule has 0 aliphatic heterocycles. The van der Waals surface area contributed by atoms with Gasteiger partial charge in [-0.15, -0.1) is 0 Å². The Morgan fingerprint density at radius 2 is 1.12 bits per heavy atom. The van der Waals surface area contributed by atoms with E-state index < -0.39 is 0 Å². The highest BCUT2D eigenvalue weighted by atomic mass is 14.9. The number of nitrogens with one attached hydrogen (secondary N) is 1. The van der Waals surface area contributed by atoms with Gasteiger partial charge in [0.1, 0.15) is 0 Å². The predicted molar refractivity (Wildman–Crippen MR) is 180 cm³/mol. The SMILES string of the molecule is CC1(C)c2ccc(-c3ccc4c(ccc5ccccc54)c3)cc2-c2c(Nc3ccccc3-c3ccccc3)cccc21. The molecule has 0 unspecified atom stereocenters. The van der Waals surface area contributed by atoms with Crippen LogP contribution < -0.4 is 5.32 Å². The first-order valence-corrected chi connectivity index (χ1v) is 14.7. The summed E-state index contributed by atoms with van der Waals surface area (Å²) in [5, 5.41) is 9.00. The van der Waals surface area contributed by atoms with Crippen molar-refractivity contribution in [1.82, 2.24) is 0 Å². The van der Waals surface area contributed by atoms with Crippen LogP contribution in [0, 0.1) is 0 Å². The van der Waals surface area contributed by atoms with E-state index in [9.17, 15) is 0 Å². The summed E-state index contributed by atoms with van der Waals surface area (Å²) in [5.74, 6) is 0. The quantitative estimate of drug-likeness (QED) is 0.220. The van der Waals surface area contributed by atoms with Gasteiger partial charge in [-0.3, -0.25) is 0 Å². The zero-order valence-corrected chi connectivity index (χ0v) is 23.9. The molecule has 0 amide bonds. The van der Waals surface area contributed by atoms with Gasteiger partial charge < -0.3 is 5.32 Å². The number of anilines is 2. The average molecular weight is 538 g/mol. The second-order valence-electron chi connectivity index (χ2n) is 11.9. The average Bonchev–Trinajstić information content (AvgIpc) is 3.28. The topological polar surface area (TPSA) is 12.0 Å². The summed E-state index contributed by atoms with van der Waals surface area (Å²) in [6.45, 7) is 4.69.